The summed E-state index contributed by atoms with van der Waals surface area (Å²) in [6.07, 6.45) is 4.52. The van der Waals surface area contributed by atoms with Crippen LogP contribution in [0.2, 0.25) is 0 Å². The van der Waals surface area contributed by atoms with Crippen molar-refractivity contribution in [3.8, 4) is 0 Å². The SMILES string of the molecule is CC[C@H](Cn1nnc2ccccc2c1=O)NC(=O)C1(c2ccccc2)CCCC1. The quantitative estimate of drug-likeness (QED) is 0.701. The Labute approximate surface area is 169 Å². The van der Waals surface area contributed by atoms with Crippen LogP contribution >= 0.6 is 0 Å². The summed E-state index contributed by atoms with van der Waals surface area (Å²) < 4.78 is 1.36. The standard InChI is InChI=1S/C23H26N4O2/c1-2-18(16-27-21(28)19-12-6-7-13-20(19)25-26-27)24-22(29)23(14-8-9-15-23)17-10-4-3-5-11-17/h3-7,10-13,18H,2,8-9,14-16H2,1H3,(H,24,29)/t18-/m1/s1. The summed E-state index contributed by atoms with van der Waals surface area (Å²) in [5.41, 5.74) is 1.00. The predicted octanol–water partition coefficient (Wildman–Crippen LogP) is 3.20. The molecule has 0 aliphatic heterocycles. The largest absolute Gasteiger partial charge is 0.351 e. The van der Waals surface area contributed by atoms with Crippen molar-refractivity contribution in [2.75, 3.05) is 0 Å². The predicted molar refractivity (Wildman–Crippen MR) is 113 cm³/mol. The van der Waals surface area contributed by atoms with Crippen LogP contribution in [-0.2, 0) is 16.8 Å². The molecule has 1 aliphatic carbocycles. The molecule has 0 spiro atoms. The molecule has 1 heterocycles. The number of fused-ring (bicyclic) bond motifs is 1. The molecular weight excluding hydrogens is 364 g/mol. The topological polar surface area (TPSA) is 76.9 Å². The maximum absolute atomic E-state index is 13.4. The van der Waals surface area contributed by atoms with Crippen molar-refractivity contribution >= 4 is 16.8 Å². The van der Waals surface area contributed by atoms with Crippen molar-refractivity contribution in [2.45, 2.75) is 57.0 Å². The van der Waals surface area contributed by atoms with Crippen LogP contribution in [-0.4, -0.2) is 26.9 Å². The average Bonchev–Trinajstić information content (AvgIpc) is 3.27. The van der Waals surface area contributed by atoms with E-state index in [9.17, 15) is 9.59 Å². The lowest BCUT2D eigenvalue weighted by Crippen LogP contribution is -2.49. The molecule has 0 radical (unpaired) electrons. The van der Waals surface area contributed by atoms with Crippen LogP contribution in [0.25, 0.3) is 10.9 Å². The molecular formula is C23H26N4O2. The number of hydrogen-bond acceptors (Lipinski definition) is 4. The van der Waals surface area contributed by atoms with Gasteiger partial charge in [0.05, 0.1) is 17.3 Å². The summed E-state index contributed by atoms with van der Waals surface area (Å²) in [5, 5.41) is 12.0. The Balaban J connectivity index is 1.57. The molecule has 1 aliphatic rings. The van der Waals surface area contributed by atoms with E-state index in [0.717, 1.165) is 31.2 Å². The third kappa shape index (κ3) is 3.67. The molecule has 1 amide bonds. The van der Waals surface area contributed by atoms with Gasteiger partial charge < -0.3 is 5.32 Å². The molecule has 6 heteroatoms. The van der Waals surface area contributed by atoms with E-state index in [-0.39, 0.29) is 17.5 Å². The number of carbonyl (C=O) groups excluding carboxylic acids is 1. The Hall–Kier alpha value is -3.02. The van der Waals surface area contributed by atoms with Gasteiger partial charge >= 0.3 is 0 Å². The summed E-state index contributed by atoms with van der Waals surface area (Å²) in [6.45, 7) is 2.32. The van der Waals surface area contributed by atoms with Crippen LogP contribution in [0.3, 0.4) is 0 Å². The zero-order valence-corrected chi connectivity index (χ0v) is 16.7. The minimum absolute atomic E-state index is 0.0508. The van der Waals surface area contributed by atoms with Crippen molar-refractivity contribution in [1.82, 2.24) is 20.3 Å². The van der Waals surface area contributed by atoms with Gasteiger partial charge in [-0.3, -0.25) is 9.59 Å². The summed E-state index contributed by atoms with van der Waals surface area (Å²) in [5.74, 6) is 0.0508. The van der Waals surface area contributed by atoms with Gasteiger partial charge in [0, 0.05) is 6.04 Å². The molecule has 0 bridgehead atoms. The highest BCUT2D eigenvalue weighted by Gasteiger charge is 2.43. The minimum atomic E-state index is -0.477. The number of amides is 1. The number of benzene rings is 2. The van der Waals surface area contributed by atoms with Crippen molar-refractivity contribution in [2.24, 2.45) is 0 Å². The van der Waals surface area contributed by atoms with Crippen LogP contribution in [0.1, 0.15) is 44.6 Å². The molecule has 3 aromatic rings. The van der Waals surface area contributed by atoms with Crippen molar-refractivity contribution < 1.29 is 4.79 Å². The average molecular weight is 390 g/mol. The summed E-state index contributed by atoms with van der Waals surface area (Å²) >= 11 is 0. The van der Waals surface area contributed by atoms with Crippen LogP contribution in [0, 0.1) is 0 Å². The molecule has 0 saturated heterocycles. The number of aromatic nitrogens is 3. The van der Waals surface area contributed by atoms with Gasteiger partial charge in [-0.05, 0) is 37.0 Å². The van der Waals surface area contributed by atoms with E-state index in [0.29, 0.717) is 23.9 Å². The third-order valence-electron chi connectivity index (χ3n) is 6.07. The zero-order chi connectivity index (χ0) is 20.3. The lowest BCUT2D eigenvalue weighted by molar-refractivity contribution is -0.127. The number of nitrogens with zero attached hydrogens (tertiary/aromatic N) is 3. The Morgan fingerprint density at radius 1 is 1.10 bits per heavy atom. The molecule has 1 atom stereocenters. The Morgan fingerprint density at radius 2 is 1.79 bits per heavy atom. The normalized spacial score (nSPS) is 16.6. The fourth-order valence-corrected chi connectivity index (χ4v) is 4.33. The van der Waals surface area contributed by atoms with E-state index < -0.39 is 5.41 Å². The summed E-state index contributed by atoms with van der Waals surface area (Å²) in [6, 6.07) is 17.0. The smallest absolute Gasteiger partial charge is 0.277 e. The first-order chi connectivity index (χ1) is 14.1. The molecule has 29 heavy (non-hydrogen) atoms. The molecule has 4 rings (SSSR count). The first kappa shape index (κ1) is 19.3. The Kier molecular flexibility index (Phi) is 5.43. The van der Waals surface area contributed by atoms with Crippen LogP contribution in [0.15, 0.2) is 59.4 Å². The lowest BCUT2D eigenvalue weighted by atomic mass is 9.78. The molecule has 1 aromatic heterocycles. The number of hydrogen-bond donors (Lipinski definition) is 1. The first-order valence-electron chi connectivity index (χ1n) is 10.3. The van der Waals surface area contributed by atoms with E-state index >= 15 is 0 Å². The van der Waals surface area contributed by atoms with Crippen LogP contribution in [0.4, 0.5) is 0 Å². The molecule has 6 nitrogen and oxygen atoms in total. The van der Waals surface area contributed by atoms with Gasteiger partial charge in [0.2, 0.25) is 5.91 Å². The fourth-order valence-electron chi connectivity index (χ4n) is 4.33. The second-order valence-electron chi connectivity index (χ2n) is 7.83. The zero-order valence-electron chi connectivity index (χ0n) is 16.7. The van der Waals surface area contributed by atoms with Crippen molar-refractivity contribution in [1.29, 1.82) is 0 Å². The van der Waals surface area contributed by atoms with Gasteiger partial charge in [-0.25, -0.2) is 4.68 Å². The fraction of sp³-hybridized carbons (Fsp3) is 0.391. The number of rotatable bonds is 6. The highest BCUT2D eigenvalue weighted by Crippen LogP contribution is 2.41. The van der Waals surface area contributed by atoms with Crippen molar-refractivity contribution in [3.63, 3.8) is 0 Å². The van der Waals surface area contributed by atoms with Crippen molar-refractivity contribution in [3.05, 3.63) is 70.5 Å². The van der Waals surface area contributed by atoms with E-state index in [1.807, 2.05) is 49.4 Å². The van der Waals surface area contributed by atoms with E-state index in [2.05, 4.69) is 15.6 Å². The van der Waals surface area contributed by atoms with E-state index in [4.69, 9.17) is 0 Å². The second kappa shape index (κ2) is 8.15. The van der Waals surface area contributed by atoms with Crippen LogP contribution in [0.5, 0.6) is 0 Å². The van der Waals surface area contributed by atoms with Gasteiger partial charge in [-0.15, -0.1) is 5.10 Å². The van der Waals surface area contributed by atoms with E-state index in [1.165, 1.54) is 4.68 Å². The molecule has 150 valence electrons. The van der Waals surface area contributed by atoms with Gasteiger partial charge in [0.15, 0.2) is 0 Å². The van der Waals surface area contributed by atoms with Gasteiger partial charge in [0.1, 0.15) is 5.52 Å². The summed E-state index contributed by atoms with van der Waals surface area (Å²) in [4.78, 5) is 26.1. The highest BCUT2D eigenvalue weighted by molar-refractivity contribution is 5.88. The molecule has 2 aromatic carbocycles. The number of nitrogens with one attached hydrogen (secondary N) is 1. The lowest BCUT2D eigenvalue weighted by Gasteiger charge is -2.30. The second-order valence-corrected chi connectivity index (χ2v) is 7.83. The molecule has 1 saturated carbocycles. The summed E-state index contributed by atoms with van der Waals surface area (Å²) in [7, 11) is 0. The maximum Gasteiger partial charge on any atom is 0.277 e. The van der Waals surface area contributed by atoms with Crippen LogP contribution < -0.4 is 10.9 Å². The van der Waals surface area contributed by atoms with Gasteiger partial charge in [-0.2, -0.15) is 0 Å². The third-order valence-corrected chi connectivity index (χ3v) is 6.07. The van der Waals surface area contributed by atoms with Gasteiger partial charge in [0.25, 0.3) is 5.56 Å². The Morgan fingerprint density at radius 3 is 2.52 bits per heavy atom. The minimum Gasteiger partial charge on any atom is -0.351 e. The molecule has 1 fully saturated rings. The number of carbonyl (C=O) groups is 1. The molecule has 0 unspecified atom stereocenters. The van der Waals surface area contributed by atoms with E-state index in [1.54, 1.807) is 12.1 Å². The van der Waals surface area contributed by atoms with Gasteiger partial charge in [-0.1, -0.05) is 67.4 Å². The Bertz CT molecular complexity index is 1060. The monoisotopic (exact) mass is 390 g/mol. The maximum atomic E-state index is 13.4. The first-order valence-corrected chi connectivity index (χ1v) is 10.3. The molecule has 1 N–H and O–H groups in total. The highest BCUT2D eigenvalue weighted by atomic mass is 16.2.